The van der Waals surface area contributed by atoms with Crippen molar-refractivity contribution in [2.24, 2.45) is 0 Å². The molecule has 2 aliphatic rings. The van der Waals surface area contributed by atoms with Crippen molar-refractivity contribution in [3.05, 3.63) is 220 Å². The van der Waals surface area contributed by atoms with Crippen molar-refractivity contribution in [2.75, 3.05) is 9.71 Å². The molecule has 0 saturated carbocycles. The van der Waals surface area contributed by atoms with Crippen molar-refractivity contribution >= 4 is 57.2 Å². The summed E-state index contributed by atoms with van der Waals surface area (Å²) in [6.45, 7) is 22.1. The fourth-order valence-corrected chi connectivity index (χ4v) is 12.7. The third kappa shape index (κ3) is 6.79. The molecular weight excluding hydrogens is 848 g/mol. The number of nitrogens with zero attached hydrogens (tertiary/aromatic N) is 2. The number of anilines is 5. The second kappa shape index (κ2) is 16.4. The Balaban J connectivity index is 1.17. The Hall–Kier alpha value is -7.82. The van der Waals surface area contributed by atoms with Crippen LogP contribution in [0.15, 0.2) is 168 Å². The molecule has 1 aromatic heterocycles. The standard InChI is InChI=1S/C66H57BN2O/c1-38-30-44(7)62(45(8)31-38)48-20-24-53(25-21-48)69-57-27-23-50(63-46(9)32-39(2)33-47(63)10)35-55(57)64-65-59(37-52-28-29-70-66(52)64)68(54-19-13-18-49(34-54)60-40(3)14-11-15-41(60)4)58-36-51(22-26-56(58)67(65)69)61-42(5)16-12-17-43(61)6/h11-37H,1-10H3. The second-order valence-electron chi connectivity index (χ2n) is 20.3. The van der Waals surface area contributed by atoms with E-state index in [0.29, 0.717) is 0 Å². The molecule has 3 heterocycles. The molecule has 9 aromatic carbocycles. The molecule has 0 radical (unpaired) electrons. The van der Waals surface area contributed by atoms with E-state index >= 15 is 0 Å². The monoisotopic (exact) mass is 904 g/mol. The first-order valence-electron chi connectivity index (χ1n) is 24.8. The highest BCUT2D eigenvalue weighted by Gasteiger charge is 2.46. The largest absolute Gasteiger partial charge is 0.464 e. The lowest BCUT2D eigenvalue weighted by molar-refractivity contribution is 0.617. The normalized spacial score (nSPS) is 12.6. The van der Waals surface area contributed by atoms with Gasteiger partial charge in [-0.25, -0.2) is 0 Å². The molecule has 0 spiro atoms. The Morgan fingerprint density at radius 2 is 0.886 bits per heavy atom. The molecule has 70 heavy (non-hydrogen) atoms. The summed E-state index contributed by atoms with van der Waals surface area (Å²) in [7, 11) is 0. The van der Waals surface area contributed by atoms with Crippen LogP contribution >= 0.6 is 0 Å². The molecule has 3 nitrogen and oxygen atoms in total. The number of fused-ring (bicyclic) bond motifs is 6. The molecule has 0 saturated heterocycles. The summed E-state index contributed by atoms with van der Waals surface area (Å²) in [5.74, 6) is 0. The minimum atomic E-state index is -0.186. The van der Waals surface area contributed by atoms with E-state index in [1.807, 2.05) is 6.26 Å². The van der Waals surface area contributed by atoms with Gasteiger partial charge in [-0.15, -0.1) is 0 Å². The zero-order chi connectivity index (χ0) is 48.3. The first-order valence-corrected chi connectivity index (χ1v) is 24.8. The quantitative estimate of drug-likeness (QED) is 0.155. The Bertz CT molecular complexity index is 3710. The average molecular weight is 905 g/mol. The number of rotatable bonds is 6. The molecule has 0 atom stereocenters. The lowest BCUT2D eigenvalue weighted by Gasteiger charge is -2.46. The molecule has 4 heteroatoms. The van der Waals surface area contributed by atoms with Crippen molar-refractivity contribution in [1.29, 1.82) is 0 Å². The van der Waals surface area contributed by atoms with Crippen LogP contribution in [0.3, 0.4) is 0 Å². The summed E-state index contributed by atoms with van der Waals surface area (Å²) in [5.41, 5.74) is 34.3. The first kappa shape index (κ1) is 43.5. The van der Waals surface area contributed by atoms with Gasteiger partial charge in [0.15, 0.2) is 0 Å². The predicted molar refractivity (Wildman–Crippen MR) is 299 cm³/mol. The molecule has 12 rings (SSSR count). The average Bonchev–Trinajstić information content (AvgIpc) is 3.80. The van der Waals surface area contributed by atoms with E-state index in [9.17, 15) is 0 Å². The Morgan fingerprint density at radius 3 is 1.50 bits per heavy atom. The highest BCUT2D eigenvalue weighted by molar-refractivity contribution is 6.94. The topological polar surface area (TPSA) is 19.6 Å². The van der Waals surface area contributed by atoms with E-state index < -0.39 is 0 Å². The van der Waals surface area contributed by atoms with Gasteiger partial charge in [0.2, 0.25) is 0 Å². The van der Waals surface area contributed by atoms with Gasteiger partial charge in [-0.3, -0.25) is 0 Å². The van der Waals surface area contributed by atoms with Crippen LogP contribution in [0.5, 0.6) is 0 Å². The van der Waals surface area contributed by atoms with Crippen molar-refractivity contribution in [2.45, 2.75) is 69.2 Å². The summed E-state index contributed by atoms with van der Waals surface area (Å²) in [4.78, 5) is 5.17. The van der Waals surface area contributed by atoms with E-state index in [2.05, 4.69) is 237 Å². The van der Waals surface area contributed by atoms with Crippen LogP contribution in [0.25, 0.3) is 66.6 Å². The van der Waals surface area contributed by atoms with Crippen molar-refractivity contribution in [3.8, 4) is 55.6 Å². The van der Waals surface area contributed by atoms with Gasteiger partial charge in [-0.2, -0.15) is 0 Å². The zero-order valence-corrected chi connectivity index (χ0v) is 42.0. The number of hydrogen-bond acceptors (Lipinski definition) is 3. The predicted octanol–water partition coefficient (Wildman–Crippen LogP) is 16.9. The maximum absolute atomic E-state index is 6.69. The fourth-order valence-electron chi connectivity index (χ4n) is 12.7. The second-order valence-corrected chi connectivity index (χ2v) is 20.3. The maximum Gasteiger partial charge on any atom is 0.333 e. The molecule has 0 aliphatic carbocycles. The Labute approximate surface area is 413 Å². The minimum absolute atomic E-state index is 0.186. The molecule has 0 amide bonds. The van der Waals surface area contributed by atoms with E-state index in [1.165, 1.54) is 122 Å². The van der Waals surface area contributed by atoms with E-state index in [1.54, 1.807) is 0 Å². The van der Waals surface area contributed by atoms with Gasteiger partial charge in [0.25, 0.3) is 0 Å². The summed E-state index contributed by atoms with van der Waals surface area (Å²) in [5, 5.41) is 1.08. The van der Waals surface area contributed by atoms with Crippen LogP contribution in [0, 0.1) is 69.2 Å². The molecule has 2 aliphatic heterocycles. The van der Waals surface area contributed by atoms with Gasteiger partial charge >= 0.3 is 6.85 Å². The van der Waals surface area contributed by atoms with Gasteiger partial charge in [0.1, 0.15) is 5.58 Å². The molecule has 10 aromatic rings. The SMILES string of the molecule is Cc1cc(C)c(-c2ccc(N3B4c5ccc(-c6c(C)cccc6C)cc5N(c5cccc(-c6c(C)cccc6C)c5)c5cc6ccoc6c(c54)-c4cc(-c5c(C)cc(C)cc5C)ccc43)cc2)c(C)c1. The molecule has 340 valence electrons. The van der Waals surface area contributed by atoms with Crippen LogP contribution in [-0.4, -0.2) is 6.85 Å². The van der Waals surface area contributed by atoms with Crippen molar-refractivity contribution in [3.63, 3.8) is 0 Å². The van der Waals surface area contributed by atoms with E-state index in [-0.39, 0.29) is 6.85 Å². The number of aryl methyl sites for hydroxylation is 10. The maximum atomic E-state index is 6.69. The smallest absolute Gasteiger partial charge is 0.333 e. The van der Waals surface area contributed by atoms with Crippen LogP contribution in [0.2, 0.25) is 0 Å². The molecule has 0 unspecified atom stereocenters. The van der Waals surface area contributed by atoms with Crippen LogP contribution < -0.4 is 20.6 Å². The Morgan fingerprint density at radius 1 is 0.371 bits per heavy atom. The summed E-state index contributed by atoms with van der Waals surface area (Å²) < 4.78 is 6.69. The lowest BCUT2D eigenvalue weighted by atomic mass is 9.43. The van der Waals surface area contributed by atoms with Gasteiger partial charge in [0, 0.05) is 45.0 Å². The minimum Gasteiger partial charge on any atom is -0.464 e. The third-order valence-electron chi connectivity index (χ3n) is 15.3. The lowest BCUT2D eigenvalue weighted by Crippen LogP contribution is -2.61. The fraction of sp³-hybridized carbons (Fsp3) is 0.152. The van der Waals surface area contributed by atoms with E-state index in [0.717, 1.165) is 39.3 Å². The van der Waals surface area contributed by atoms with Gasteiger partial charge in [-0.05, 0) is 224 Å². The van der Waals surface area contributed by atoms with Gasteiger partial charge < -0.3 is 14.1 Å². The first-order chi connectivity index (χ1) is 33.8. The van der Waals surface area contributed by atoms with Crippen molar-refractivity contribution < 1.29 is 4.42 Å². The summed E-state index contributed by atoms with van der Waals surface area (Å²) >= 11 is 0. The highest BCUT2D eigenvalue weighted by Crippen LogP contribution is 2.51. The van der Waals surface area contributed by atoms with Crippen LogP contribution in [0.1, 0.15) is 55.6 Å². The zero-order valence-electron chi connectivity index (χ0n) is 42.0. The molecule has 0 fully saturated rings. The van der Waals surface area contributed by atoms with Gasteiger partial charge in [-0.1, -0.05) is 114 Å². The molecule has 0 N–H and O–H groups in total. The molecule has 0 bridgehead atoms. The highest BCUT2D eigenvalue weighted by atomic mass is 16.3. The summed E-state index contributed by atoms with van der Waals surface area (Å²) in [6.07, 6.45) is 1.87. The van der Waals surface area contributed by atoms with Crippen LogP contribution in [0.4, 0.5) is 28.4 Å². The molecular formula is C66H57BN2O. The Kier molecular flexibility index (Phi) is 10.2. The van der Waals surface area contributed by atoms with Crippen molar-refractivity contribution in [1.82, 2.24) is 0 Å². The van der Waals surface area contributed by atoms with Crippen LogP contribution in [-0.2, 0) is 0 Å². The number of benzene rings is 9. The third-order valence-corrected chi connectivity index (χ3v) is 15.3. The van der Waals surface area contributed by atoms with E-state index in [4.69, 9.17) is 4.42 Å². The van der Waals surface area contributed by atoms with Gasteiger partial charge in [0.05, 0.1) is 6.26 Å². The number of furan rings is 1. The summed E-state index contributed by atoms with van der Waals surface area (Å²) in [6, 6.07) is 60.0. The number of hydrogen-bond donors (Lipinski definition) is 0.